The SMILES string of the molecule is CCN(CC(=O)Nc1cccc(I)c1)C1CCC(N)CC1. The second-order valence-electron chi connectivity index (χ2n) is 5.69. The number of rotatable bonds is 5. The molecule has 0 saturated heterocycles. The van der Waals surface area contributed by atoms with E-state index >= 15 is 0 Å². The van der Waals surface area contributed by atoms with Crippen LogP contribution >= 0.6 is 22.6 Å². The minimum absolute atomic E-state index is 0.0636. The maximum atomic E-state index is 12.2. The average molecular weight is 401 g/mol. The monoisotopic (exact) mass is 401 g/mol. The van der Waals surface area contributed by atoms with Crippen molar-refractivity contribution in [2.24, 2.45) is 5.73 Å². The zero-order valence-electron chi connectivity index (χ0n) is 12.5. The summed E-state index contributed by atoms with van der Waals surface area (Å²) in [6, 6.07) is 8.72. The molecule has 3 N–H and O–H groups in total. The number of anilines is 1. The third kappa shape index (κ3) is 5.23. The van der Waals surface area contributed by atoms with Crippen molar-refractivity contribution in [3.63, 3.8) is 0 Å². The van der Waals surface area contributed by atoms with E-state index in [-0.39, 0.29) is 5.91 Å². The van der Waals surface area contributed by atoms with Gasteiger partial charge in [0.1, 0.15) is 0 Å². The Labute approximate surface area is 140 Å². The molecule has 5 heteroatoms. The first kappa shape index (κ1) is 16.7. The van der Waals surface area contributed by atoms with Crippen LogP contribution in [0.25, 0.3) is 0 Å². The summed E-state index contributed by atoms with van der Waals surface area (Å²) in [5.74, 6) is 0.0636. The van der Waals surface area contributed by atoms with Gasteiger partial charge in [0.25, 0.3) is 0 Å². The second-order valence-corrected chi connectivity index (χ2v) is 6.94. The van der Waals surface area contributed by atoms with E-state index in [1.807, 2.05) is 24.3 Å². The number of amides is 1. The average Bonchev–Trinajstić information content (AvgIpc) is 2.46. The highest BCUT2D eigenvalue weighted by molar-refractivity contribution is 14.1. The van der Waals surface area contributed by atoms with Gasteiger partial charge in [0.15, 0.2) is 0 Å². The highest BCUT2D eigenvalue weighted by Crippen LogP contribution is 2.22. The summed E-state index contributed by atoms with van der Waals surface area (Å²) < 4.78 is 1.12. The van der Waals surface area contributed by atoms with E-state index in [1.54, 1.807) is 0 Å². The summed E-state index contributed by atoms with van der Waals surface area (Å²) >= 11 is 2.25. The van der Waals surface area contributed by atoms with Gasteiger partial charge < -0.3 is 11.1 Å². The summed E-state index contributed by atoms with van der Waals surface area (Å²) in [6.07, 6.45) is 4.34. The molecule has 1 aliphatic rings. The van der Waals surface area contributed by atoms with Crippen LogP contribution in [-0.4, -0.2) is 36.0 Å². The molecule has 1 saturated carbocycles. The molecule has 1 amide bonds. The van der Waals surface area contributed by atoms with E-state index in [1.165, 1.54) is 0 Å². The van der Waals surface area contributed by atoms with E-state index in [0.29, 0.717) is 18.6 Å². The van der Waals surface area contributed by atoms with Crippen LogP contribution in [0.15, 0.2) is 24.3 Å². The molecule has 0 aliphatic heterocycles. The van der Waals surface area contributed by atoms with Gasteiger partial charge in [-0.25, -0.2) is 0 Å². The molecule has 0 heterocycles. The van der Waals surface area contributed by atoms with Crippen molar-refractivity contribution >= 4 is 34.2 Å². The molecule has 0 radical (unpaired) electrons. The number of carbonyl (C=O) groups is 1. The number of benzene rings is 1. The largest absolute Gasteiger partial charge is 0.328 e. The standard InChI is InChI=1S/C16H24IN3O/c1-2-20(15-8-6-13(18)7-9-15)11-16(21)19-14-5-3-4-12(17)10-14/h3-5,10,13,15H,2,6-9,11,18H2,1H3,(H,19,21). The van der Waals surface area contributed by atoms with Gasteiger partial charge >= 0.3 is 0 Å². The highest BCUT2D eigenvalue weighted by Gasteiger charge is 2.24. The van der Waals surface area contributed by atoms with E-state index < -0.39 is 0 Å². The Morgan fingerprint density at radius 3 is 2.71 bits per heavy atom. The minimum atomic E-state index is 0.0636. The quantitative estimate of drug-likeness (QED) is 0.747. The number of hydrogen-bond donors (Lipinski definition) is 2. The Kier molecular flexibility index (Phi) is 6.44. The van der Waals surface area contributed by atoms with Gasteiger partial charge in [-0.2, -0.15) is 0 Å². The van der Waals surface area contributed by atoms with Crippen molar-refractivity contribution in [3.05, 3.63) is 27.8 Å². The number of halogens is 1. The van der Waals surface area contributed by atoms with Crippen LogP contribution in [0.4, 0.5) is 5.69 Å². The number of likely N-dealkylation sites (N-methyl/N-ethyl adjacent to an activating group) is 1. The molecule has 0 spiro atoms. The number of hydrogen-bond acceptors (Lipinski definition) is 3. The Bertz CT molecular complexity index is 472. The van der Waals surface area contributed by atoms with Crippen LogP contribution in [0.2, 0.25) is 0 Å². The van der Waals surface area contributed by atoms with Crippen LogP contribution in [0.3, 0.4) is 0 Å². The maximum absolute atomic E-state index is 12.2. The zero-order chi connectivity index (χ0) is 15.2. The summed E-state index contributed by atoms with van der Waals surface area (Å²) in [6.45, 7) is 3.48. The van der Waals surface area contributed by atoms with Crippen LogP contribution in [0, 0.1) is 3.57 Å². The molecule has 0 aromatic heterocycles. The van der Waals surface area contributed by atoms with E-state index in [4.69, 9.17) is 5.73 Å². The number of nitrogens with two attached hydrogens (primary N) is 1. The third-order valence-electron chi connectivity index (χ3n) is 4.12. The van der Waals surface area contributed by atoms with Gasteiger partial charge in [0.2, 0.25) is 5.91 Å². The van der Waals surface area contributed by atoms with Crippen LogP contribution < -0.4 is 11.1 Å². The fourth-order valence-electron chi connectivity index (χ4n) is 2.92. The van der Waals surface area contributed by atoms with Crippen molar-refractivity contribution in [2.75, 3.05) is 18.4 Å². The van der Waals surface area contributed by atoms with Gasteiger partial charge in [0.05, 0.1) is 6.54 Å². The lowest BCUT2D eigenvalue weighted by molar-refractivity contribution is -0.118. The fraction of sp³-hybridized carbons (Fsp3) is 0.562. The van der Waals surface area contributed by atoms with Gasteiger partial charge in [-0.1, -0.05) is 13.0 Å². The number of nitrogens with zero attached hydrogens (tertiary/aromatic N) is 1. The minimum Gasteiger partial charge on any atom is -0.328 e. The molecule has 116 valence electrons. The van der Waals surface area contributed by atoms with Gasteiger partial charge in [-0.3, -0.25) is 9.69 Å². The number of nitrogens with one attached hydrogen (secondary N) is 1. The first-order valence-corrected chi connectivity index (χ1v) is 8.71. The molecule has 0 unspecified atom stereocenters. The Morgan fingerprint density at radius 2 is 2.10 bits per heavy atom. The summed E-state index contributed by atoms with van der Waals surface area (Å²) in [5.41, 5.74) is 6.83. The molecule has 1 aromatic carbocycles. The van der Waals surface area contributed by atoms with Gasteiger partial charge in [-0.15, -0.1) is 0 Å². The molecule has 1 aliphatic carbocycles. The molecule has 0 bridgehead atoms. The topological polar surface area (TPSA) is 58.4 Å². The molecular weight excluding hydrogens is 377 g/mol. The second kappa shape index (κ2) is 8.10. The lowest BCUT2D eigenvalue weighted by Crippen LogP contribution is -2.44. The highest BCUT2D eigenvalue weighted by atomic mass is 127. The summed E-state index contributed by atoms with van der Waals surface area (Å²) in [7, 11) is 0. The third-order valence-corrected chi connectivity index (χ3v) is 4.79. The lowest BCUT2D eigenvalue weighted by atomic mass is 9.91. The molecule has 2 rings (SSSR count). The van der Waals surface area contributed by atoms with Crippen molar-refractivity contribution in [2.45, 2.75) is 44.7 Å². The predicted molar refractivity (Wildman–Crippen MR) is 95.3 cm³/mol. The van der Waals surface area contributed by atoms with Crippen molar-refractivity contribution < 1.29 is 4.79 Å². The van der Waals surface area contributed by atoms with E-state index in [9.17, 15) is 4.79 Å². The molecule has 4 nitrogen and oxygen atoms in total. The molecular formula is C16H24IN3O. The molecule has 1 aromatic rings. The van der Waals surface area contributed by atoms with Crippen LogP contribution in [0.5, 0.6) is 0 Å². The molecule has 0 atom stereocenters. The van der Waals surface area contributed by atoms with Crippen molar-refractivity contribution in [1.29, 1.82) is 0 Å². The smallest absolute Gasteiger partial charge is 0.238 e. The first-order chi connectivity index (χ1) is 10.1. The fourth-order valence-corrected chi connectivity index (χ4v) is 3.46. The zero-order valence-corrected chi connectivity index (χ0v) is 14.7. The predicted octanol–water partition coefficient (Wildman–Crippen LogP) is 2.82. The lowest BCUT2D eigenvalue weighted by Gasteiger charge is -2.34. The van der Waals surface area contributed by atoms with E-state index in [0.717, 1.165) is 41.5 Å². The summed E-state index contributed by atoms with van der Waals surface area (Å²) in [4.78, 5) is 14.5. The first-order valence-electron chi connectivity index (χ1n) is 7.63. The van der Waals surface area contributed by atoms with Crippen molar-refractivity contribution in [3.8, 4) is 0 Å². The molecule has 21 heavy (non-hydrogen) atoms. The van der Waals surface area contributed by atoms with Gasteiger partial charge in [-0.05, 0) is 73.0 Å². The van der Waals surface area contributed by atoms with E-state index in [2.05, 4.69) is 39.7 Å². The Morgan fingerprint density at radius 1 is 1.38 bits per heavy atom. The Balaban J connectivity index is 1.87. The van der Waals surface area contributed by atoms with Crippen molar-refractivity contribution in [1.82, 2.24) is 4.90 Å². The van der Waals surface area contributed by atoms with Crippen LogP contribution in [0.1, 0.15) is 32.6 Å². The Hall–Kier alpha value is -0.660. The molecule has 1 fully saturated rings. The summed E-state index contributed by atoms with van der Waals surface area (Å²) in [5, 5.41) is 2.99. The van der Waals surface area contributed by atoms with Crippen LogP contribution in [-0.2, 0) is 4.79 Å². The maximum Gasteiger partial charge on any atom is 0.238 e. The normalized spacial score (nSPS) is 22.3. The number of carbonyl (C=O) groups excluding carboxylic acids is 1. The van der Waals surface area contributed by atoms with Gasteiger partial charge in [0, 0.05) is 21.3 Å².